The molecule has 3 aromatic carbocycles. The van der Waals surface area contributed by atoms with Gasteiger partial charge in [-0.15, -0.1) is 0 Å². The first-order valence-electron chi connectivity index (χ1n) is 10.9. The number of anilines is 1. The number of quaternary nitrogens is 1. The standard InChI is InChI=1S/C26H31N3O/c1-29(2,19-20-16-17-21-10-6-7-11-22(21)18-20)25-15-9-8-14-24(25)28-26(30)27-23-12-4-3-5-13-23/h3-7,10-13,16-18,24-25H,8-9,14-15,19H2,1-2H3,(H-,27,28,30)/p+1/t24-,25-/m0/s1. The van der Waals surface area contributed by atoms with Crippen molar-refractivity contribution in [2.24, 2.45) is 0 Å². The molecule has 0 radical (unpaired) electrons. The van der Waals surface area contributed by atoms with Gasteiger partial charge in [-0.3, -0.25) is 0 Å². The van der Waals surface area contributed by atoms with Crippen LogP contribution in [0.5, 0.6) is 0 Å². The first-order valence-corrected chi connectivity index (χ1v) is 10.9. The second-order valence-corrected chi connectivity index (χ2v) is 9.04. The SMILES string of the molecule is C[N+](C)(Cc1ccc2ccccc2c1)[C@H]1CCCC[C@@H]1NC(=O)Nc1ccccc1. The smallest absolute Gasteiger partial charge is 0.319 e. The molecule has 3 aromatic rings. The third kappa shape index (κ3) is 4.82. The fraction of sp³-hybridized carbons (Fsp3) is 0.346. The molecule has 0 spiro atoms. The van der Waals surface area contributed by atoms with Crippen molar-refractivity contribution in [3.05, 3.63) is 78.4 Å². The van der Waals surface area contributed by atoms with E-state index in [-0.39, 0.29) is 12.1 Å². The molecule has 2 N–H and O–H groups in total. The molecule has 1 aliphatic carbocycles. The van der Waals surface area contributed by atoms with Gasteiger partial charge in [-0.2, -0.15) is 0 Å². The molecule has 1 fully saturated rings. The fourth-order valence-electron chi connectivity index (χ4n) is 4.90. The van der Waals surface area contributed by atoms with Crippen LogP contribution in [0.2, 0.25) is 0 Å². The van der Waals surface area contributed by atoms with Gasteiger partial charge in [0.15, 0.2) is 0 Å². The number of nitrogens with zero attached hydrogens (tertiary/aromatic N) is 1. The van der Waals surface area contributed by atoms with Gasteiger partial charge in [0.05, 0.1) is 20.1 Å². The number of hydrogen-bond acceptors (Lipinski definition) is 1. The lowest BCUT2D eigenvalue weighted by Crippen LogP contribution is -2.60. The number of hydrogen-bond donors (Lipinski definition) is 2. The van der Waals surface area contributed by atoms with Crippen molar-refractivity contribution >= 4 is 22.5 Å². The highest BCUT2D eigenvalue weighted by atomic mass is 16.2. The molecule has 0 bridgehead atoms. The topological polar surface area (TPSA) is 41.1 Å². The van der Waals surface area contributed by atoms with E-state index in [9.17, 15) is 4.79 Å². The van der Waals surface area contributed by atoms with Crippen LogP contribution in [-0.2, 0) is 6.54 Å². The van der Waals surface area contributed by atoms with Crippen molar-refractivity contribution in [2.45, 2.75) is 44.3 Å². The Labute approximate surface area is 179 Å². The number of rotatable bonds is 5. The number of carbonyl (C=O) groups excluding carboxylic acids is 1. The zero-order chi connectivity index (χ0) is 21.0. The van der Waals surface area contributed by atoms with Crippen LogP contribution >= 0.6 is 0 Å². The molecule has 4 heteroatoms. The molecular weight excluding hydrogens is 370 g/mol. The maximum Gasteiger partial charge on any atom is 0.319 e. The molecule has 0 saturated heterocycles. The van der Waals surface area contributed by atoms with Crippen LogP contribution in [0, 0.1) is 0 Å². The quantitative estimate of drug-likeness (QED) is 0.540. The lowest BCUT2D eigenvalue weighted by atomic mass is 9.87. The Kier molecular flexibility index (Phi) is 6.05. The van der Waals surface area contributed by atoms with Gasteiger partial charge >= 0.3 is 6.03 Å². The van der Waals surface area contributed by atoms with Gasteiger partial charge in [-0.1, -0.05) is 61.0 Å². The maximum absolute atomic E-state index is 12.6. The predicted octanol–water partition coefficient (Wildman–Crippen LogP) is 5.55. The average Bonchev–Trinajstić information content (AvgIpc) is 2.74. The molecule has 4 nitrogen and oxygen atoms in total. The van der Waals surface area contributed by atoms with Gasteiger partial charge in [0.1, 0.15) is 12.6 Å². The average molecular weight is 403 g/mol. The summed E-state index contributed by atoms with van der Waals surface area (Å²) in [7, 11) is 4.60. The Bertz CT molecular complexity index is 999. The highest BCUT2D eigenvalue weighted by Gasteiger charge is 2.38. The molecule has 0 aromatic heterocycles. The Morgan fingerprint density at radius 2 is 1.60 bits per heavy atom. The summed E-state index contributed by atoms with van der Waals surface area (Å²) in [6.07, 6.45) is 4.56. The second-order valence-electron chi connectivity index (χ2n) is 9.04. The normalized spacial score (nSPS) is 19.4. The number of para-hydroxylation sites is 1. The molecule has 30 heavy (non-hydrogen) atoms. The number of amides is 2. The summed E-state index contributed by atoms with van der Waals surface area (Å²) in [4.78, 5) is 12.6. The molecule has 0 unspecified atom stereocenters. The molecule has 2 atom stereocenters. The van der Waals surface area contributed by atoms with Crippen molar-refractivity contribution in [1.82, 2.24) is 5.32 Å². The predicted molar refractivity (Wildman–Crippen MR) is 124 cm³/mol. The summed E-state index contributed by atoms with van der Waals surface area (Å²) in [6.45, 7) is 0.952. The summed E-state index contributed by atoms with van der Waals surface area (Å²) >= 11 is 0. The molecule has 2 amide bonds. The Hall–Kier alpha value is -2.85. The number of urea groups is 1. The summed E-state index contributed by atoms with van der Waals surface area (Å²) in [5.41, 5.74) is 2.17. The molecule has 1 saturated carbocycles. The zero-order valence-electron chi connectivity index (χ0n) is 18.0. The fourth-order valence-corrected chi connectivity index (χ4v) is 4.90. The highest BCUT2D eigenvalue weighted by molar-refractivity contribution is 5.89. The maximum atomic E-state index is 12.6. The van der Waals surface area contributed by atoms with Crippen LogP contribution < -0.4 is 10.6 Å². The second kappa shape index (κ2) is 8.88. The van der Waals surface area contributed by atoms with Crippen LogP contribution in [0.25, 0.3) is 10.8 Å². The minimum atomic E-state index is -0.108. The molecule has 0 heterocycles. The first kappa shape index (κ1) is 20.4. The number of fused-ring (bicyclic) bond motifs is 1. The Morgan fingerprint density at radius 1 is 0.900 bits per heavy atom. The summed E-state index contributed by atoms with van der Waals surface area (Å²) in [5, 5.41) is 8.81. The lowest BCUT2D eigenvalue weighted by Gasteiger charge is -2.44. The third-order valence-electron chi connectivity index (χ3n) is 6.38. The van der Waals surface area contributed by atoms with Crippen molar-refractivity contribution in [1.29, 1.82) is 0 Å². The molecule has 156 valence electrons. The third-order valence-corrected chi connectivity index (χ3v) is 6.38. The summed E-state index contributed by atoms with van der Waals surface area (Å²) in [6, 6.07) is 25.4. The zero-order valence-corrected chi connectivity index (χ0v) is 18.0. The number of carbonyl (C=O) groups is 1. The lowest BCUT2D eigenvalue weighted by molar-refractivity contribution is -0.930. The van der Waals surface area contributed by atoms with Crippen molar-refractivity contribution < 1.29 is 9.28 Å². The van der Waals surface area contributed by atoms with Crippen molar-refractivity contribution in [3.8, 4) is 0 Å². The number of nitrogens with one attached hydrogen (secondary N) is 2. The number of likely N-dealkylation sites (N-methyl/N-ethyl adjacent to an activating group) is 1. The van der Waals surface area contributed by atoms with E-state index in [4.69, 9.17) is 0 Å². The number of benzene rings is 3. The van der Waals surface area contributed by atoms with Crippen LogP contribution in [0.4, 0.5) is 10.5 Å². The Morgan fingerprint density at radius 3 is 2.40 bits per heavy atom. The van der Waals surface area contributed by atoms with E-state index in [2.05, 4.69) is 67.2 Å². The molecule has 0 aliphatic heterocycles. The minimum absolute atomic E-state index is 0.108. The van der Waals surface area contributed by atoms with E-state index in [1.165, 1.54) is 29.2 Å². The molecule has 4 rings (SSSR count). The summed E-state index contributed by atoms with van der Waals surface area (Å²) in [5.74, 6) is 0. The molecular formula is C26H32N3O+. The van der Waals surface area contributed by atoms with Crippen LogP contribution in [0.1, 0.15) is 31.2 Å². The molecule has 1 aliphatic rings. The van der Waals surface area contributed by atoms with Crippen molar-refractivity contribution in [2.75, 3.05) is 19.4 Å². The monoisotopic (exact) mass is 402 g/mol. The van der Waals surface area contributed by atoms with Gasteiger partial charge in [-0.05, 0) is 41.8 Å². The highest BCUT2D eigenvalue weighted by Crippen LogP contribution is 2.29. The van der Waals surface area contributed by atoms with E-state index < -0.39 is 0 Å². The van der Waals surface area contributed by atoms with E-state index in [1.54, 1.807) is 0 Å². The van der Waals surface area contributed by atoms with Gasteiger partial charge in [0.2, 0.25) is 0 Å². The van der Waals surface area contributed by atoms with Gasteiger partial charge < -0.3 is 15.1 Å². The van der Waals surface area contributed by atoms with Crippen molar-refractivity contribution in [3.63, 3.8) is 0 Å². The van der Waals surface area contributed by atoms with Crippen LogP contribution in [0.15, 0.2) is 72.8 Å². The van der Waals surface area contributed by atoms with E-state index >= 15 is 0 Å². The van der Waals surface area contributed by atoms with Gasteiger partial charge in [0.25, 0.3) is 0 Å². The van der Waals surface area contributed by atoms with Gasteiger partial charge in [-0.25, -0.2) is 4.79 Å². The van der Waals surface area contributed by atoms with E-state index in [0.29, 0.717) is 6.04 Å². The van der Waals surface area contributed by atoms with E-state index in [1.807, 2.05) is 30.3 Å². The van der Waals surface area contributed by atoms with Crippen LogP contribution in [-0.4, -0.2) is 36.7 Å². The van der Waals surface area contributed by atoms with E-state index in [0.717, 1.165) is 29.6 Å². The minimum Gasteiger partial charge on any atom is -0.329 e. The first-order chi connectivity index (χ1) is 14.5. The Balaban J connectivity index is 1.46. The summed E-state index contributed by atoms with van der Waals surface area (Å²) < 4.78 is 0.870. The largest absolute Gasteiger partial charge is 0.329 e. The van der Waals surface area contributed by atoms with Crippen LogP contribution in [0.3, 0.4) is 0 Å². The van der Waals surface area contributed by atoms with Gasteiger partial charge in [0, 0.05) is 17.7 Å².